The monoisotopic (exact) mass is 313 g/mol. The number of nitrogens with one attached hydrogen (secondary N) is 1. The molecule has 0 radical (unpaired) electrons. The van der Waals surface area contributed by atoms with Gasteiger partial charge in [-0.15, -0.1) is 0 Å². The van der Waals surface area contributed by atoms with E-state index in [-0.39, 0.29) is 25.4 Å². The van der Waals surface area contributed by atoms with Crippen LogP contribution in [-0.4, -0.2) is 42.8 Å². The molecule has 1 atom stereocenters. The average Bonchev–Trinajstić information content (AvgIpc) is 2.45. The molecule has 0 saturated heterocycles. The van der Waals surface area contributed by atoms with Crippen molar-refractivity contribution in [3.63, 3.8) is 0 Å². The lowest BCUT2D eigenvalue weighted by Crippen LogP contribution is -2.55. The van der Waals surface area contributed by atoms with E-state index in [0.29, 0.717) is 6.42 Å². The number of amides is 1. The number of carboxylic acids is 1. The summed E-state index contributed by atoms with van der Waals surface area (Å²) in [5, 5.41) is 11.5. The second kappa shape index (κ2) is 8.33. The van der Waals surface area contributed by atoms with Crippen LogP contribution in [0, 0.1) is 5.82 Å². The molecule has 22 heavy (non-hydrogen) atoms. The van der Waals surface area contributed by atoms with Crippen LogP contribution in [0.2, 0.25) is 0 Å². The highest BCUT2D eigenvalue weighted by Gasteiger charge is 2.34. The predicted molar refractivity (Wildman–Crippen MR) is 77.2 cm³/mol. The maximum Gasteiger partial charge on any atom is 0.331 e. The maximum atomic E-state index is 13.3. The molecule has 6 nitrogen and oxygen atoms in total. The quantitative estimate of drug-likeness (QED) is 0.676. The normalized spacial score (nSPS) is 13.2. The maximum absolute atomic E-state index is 13.3. The van der Waals surface area contributed by atoms with E-state index >= 15 is 0 Å². The van der Waals surface area contributed by atoms with Crippen molar-refractivity contribution in [2.24, 2.45) is 0 Å². The number of carbonyl (C=O) groups excluding carboxylic acids is 1. The van der Waals surface area contributed by atoms with Crippen LogP contribution < -0.4 is 10.1 Å². The molecule has 0 saturated carbocycles. The van der Waals surface area contributed by atoms with Crippen molar-refractivity contribution < 1.29 is 28.6 Å². The molecule has 0 fully saturated rings. The molecule has 1 unspecified atom stereocenters. The number of hydrogen-bond donors (Lipinski definition) is 2. The summed E-state index contributed by atoms with van der Waals surface area (Å²) in [5.74, 6) is -1.95. The zero-order valence-electron chi connectivity index (χ0n) is 12.6. The number of hydrogen-bond acceptors (Lipinski definition) is 4. The van der Waals surface area contributed by atoms with Gasteiger partial charge in [0, 0.05) is 13.5 Å². The molecular formula is C15H20FNO5. The highest BCUT2D eigenvalue weighted by Crippen LogP contribution is 2.15. The summed E-state index contributed by atoms with van der Waals surface area (Å²) in [6, 6.07) is 5.98. The van der Waals surface area contributed by atoms with Crippen molar-refractivity contribution in [2.75, 3.05) is 20.3 Å². The van der Waals surface area contributed by atoms with Crippen LogP contribution >= 0.6 is 0 Å². The zero-order valence-corrected chi connectivity index (χ0v) is 12.6. The summed E-state index contributed by atoms with van der Waals surface area (Å²) in [7, 11) is 1.36. The summed E-state index contributed by atoms with van der Waals surface area (Å²) in [5.41, 5.74) is -1.47. The van der Waals surface area contributed by atoms with Crippen molar-refractivity contribution in [3.05, 3.63) is 30.1 Å². The van der Waals surface area contributed by atoms with Gasteiger partial charge in [-0.2, -0.15) is 0 Å². The number of halogens is 1. The molecule has 122 valence electrons. The first-order chi connectivity index (χ1) is 10.4. The number of rotatable bonds is 9. The average molecular weight is 313 g/mol. The Morgan fingerprint density at radius 2 is 2.05 bits per heavy atom. The Labute approximate surface area is 128 Å². The Balaban J connectivity index is 2.37. The summed E-state index contributed by atoms with van der Waals surface area (Å²) < 4.78 is 23.3. The Morgan fingerprint density at radius 1 is 1.36 bits per heavy atom. The van der Waals surface area contributed by atoms with Crippen LogP contribution in [0.5, 0.6) is 5.75 Å². The van der Waals surface area contributed by atoms with Gasteiger partial charge in [0.2, 0.25) is 5.91 Å². The molecule has 0 bridgehead atoms. The van der Waals surface area contributed by atoms with Crippen molar-refractivity contribution in [1.29, 1.82) is 0 Å². The van der Waals surface area contributed by atoms with Crippen molar-refractivity contribution in [2.45, 2.75) is 25.3 Å². The van der Waals surface area contributed by atoms with Gasteiger partial charge in [-0.3, -0.25) is 4.79 Å². The van der Waals surface area contributed by atoms with Gasteiger partial charge in [0.15, 0.2) is 17.1 Å². The summed E-state index contributed by atoms with van der Waals surface area (Å²) in [6.07, 6.45) is 0.407. The molecule has 0 heterocycles. The summed E-state index contributed by atoms with van der Waals surface area (Å²) in [4.78, 5) is 22.9. The van der Waals surface area contributed by atoms with Crippen molar-refractivity contribution in [3.8, 4) is 5.75 Å². The third-order valence-electron chi connectivity index (χ3n) is 2.96. The van der Waals surface area contributed by atoms with E-state index in [1.54, 1.807) is 12.1 Å². The molecule has 2 N–H and O–H groups in total. The molecular weight excluding hydrogens is 293 g/mol. The number of para-hydroxylation sites is 1. The Morgan fingerprint density at radius 3 is 2.64 bits per heavy atom. The molecule has 7 heteroatoms. The number of carbonyl (C=O) groups is 2. The van der Waals surface area contributed by atoms with Crippen molar-refractivity contribution >= 4 is 11.9 Å². The minimum Gasteiger partial charge on any atom is -0.491 e. The SMILES string of the molecule is COCC(C)(NC(=O)CCCOc1ccccc1F)C(=O)O. The van der Waals surface area contributed by atoms with Gasteiger partial charge in [0.05, 0.1) is 13.2 Å². The third-order valence-corrected chi connectivity index (χ3v) is 2.96. The smallest absolute Gasteiger partial charge is 0.331 e. The van der Waals surface area contributed by atoms with Crippen LogP contribution in [0.3, 0.4) is 0 Å². The first-order valence-electron chi connectivity index (χ1n) is 6.80. The van der Waals surface area contributed by atoms with Gasteiger partial charge in [-0.1, -0.05) is 12.1 Å². The summed E-state index contributed by atoms with van der Waals surface area (Å²) in [6.45, 7) is 1.38. The van der Waals surface area contributed by atoms with Gasteiger partial charge in [0.25, 0.3) is 0 Å². The number of aliphatic carboxylic acids is 1. The van der Waals surface area contributed by atoms with E-state index in [1.807, 2.05) is 0 Å². The predicted octanol–water partition coefficient (Wildman–Crippen LogP) is 1.59. The topological polar surface area (TPSA) is 84.9 Å². The molecule has 0 spiro atoms. The fourth-order valence-corrected chi connectivity index (χ4v) is 1.79. The molecule has 1 amide bonds. The minimum absolute atomic E-state index is 0.0705. The Kier molecular flexibility index (Phi) is 6.78. The van der Waals surface area contributed by atoms with Crippen molar-refractivity contribution in [1.82, 2.24) is 5.32 Å². The Bertz CT molecular complexity index is 522. The second-order valence-electron chi connectivity index (χ2n) is 5.00. The Hall–Kier alpha value is -2.15. The van der Waals surface area contributed by atoms with Crippen LogP contribution in [0.25, 0.3) is 0 Å². The van der Waals surface area contributed by atoms with Gasteiger partial charge in [-0.25, -0.2) is 9.18 Å². The van der Waals surface area contributed by atoms with Crippen LogP contribution in [0.4, 0.5) is 4.39 Å². The van der Waals surface area contributed by atoms with E-state index in [2.05, 4.69) is 5.32 Å². The molecule has 0 aliphatic carbocycles. The minimum atomic E-state index is -1.47. The molecule has 1 aromatic carbocycles. The fraction of sp³-hybridized carbons (Fsp3) is 0.467. The highest BCUT2D eigenvalue weighted by molar-refractivity contribution is 5.86. The van der Waals surface area contributed by atoms with Gasteiger partial charge in [-0.05, 0) is 25.5 Å². The van der Waals surface area contributed by atoms with E-state index in [0.717, 1.165) is 0 Å². The van der Waals surface area contributed by atoms with Crippen LogP contribution in [0.1, 0.15) is 19.8 Å². The first-order valence-corrected chi connectivity index (χ1v) is 6.80. The molecule has 0 aliphatic heterocycles. The molecule has 0 aliphatic rings. The second-order valence-corrected chi connectivity index (χ2v) is 5.00. The number of carboxylic acid groups (broad SMARTS) is 1. The number of benzene rings is 1. The lowest BCUT2D eigenvalue weighted by atomic mass is 10.0. The first kappa shape index (κ1) is 17.9. The lowest BCUT2D eigenvalue weighted by Gasteiger charge is -2.25. The zero-order chi connectivity index (χ0) is 16.6. The van der Waals surface area contributed by atoms with Crippen LogP contribution in [-0.2, 0) is 14.3 Å². The van der Waals surface area contributed by atoms with E-state index in [9.17, 15) is 14.0 Å². The highest BCUT2D eigenvalue weighted by atomic mass is 19.1. The van der Waals surface area contributed by atoms with E-state index in [1.165, 1.54) is 26.2 Å². The van der Waals surface area contributed by atoms with Gasteiger partial charge >= 0.3 is 5.97 Å². The molecule has 0 aromatic heterocycles. The standard InChI is InChI=1S/C15H20FNO5/c1-15(10-21-2,14(19)20)17-13(18)8-5-9-22-12-7-4-3-6-11(12)16/h3-4,6-7H,5,8-10H2,1-2H3,(H,17,18)(H,19,20). The van der Waals surface area contributed by atoms with E-state index in [4.69, 9.17) is 14.6 Å². The third kappa shape index (κ3) is 5.33. The van der Waals surface area contributed by atoms with E-state index < -0.39 is 23.2 Å². The summed E-state index contributed by atoms with van der Waals surface area (Å²) >= 11 is 0. The lowest BCUT2D eigenvalue weighted by molar-refractivity contribution is -0.149. The molecule has 1 aromatic rings. The number of methoxy groups -OCH3 is 1. The largest absolute Gasteiger partial charge is 0.491 e. The fourth-order valence-electron chi connectivity index (χ4n) is 1.79. The van der Waals surface area contributed by atoms with Gasteiger partial charge in [0.1, 0.15) is 0 Å². The molecule has 1 rings (SSSR count). The van der Waals surface area contributed by atoms with Crippen LogP contribution in [0.15, 0.2) is 24.3 Å². The number of ether oxygens (including phenoxy) is 2. The van der Waals surface area contributed by atoms with Gasteiger partial charge < -0.3 is 19.9 Å².